The molecule has 1 aromatic heterocycles. The molecule has 1 fully saturated rings. The minimum atomic E-state index is -3.95. The van der Waals surface area contributed by atoms with E-state index in [0.717, 1.165) is 4.31 Å². The standard InChI is InChI=1S/C13H15N3O4S/c1-2-20-13(17)11-5-4-8-16(11)21(18,19)12-6-3-7-15-10(12)9-14/h3,6-7,11H,2,4-5,8H2,1H3. The van der Waals surface area contributed by atoms with Crippen LogP contribution in [0.5, 0.6) is 0 Å². The number of carbonyl (C=O) groups is 1. The van der Waals surface area contributed by atoms with Crippen molar-refractivity contribution >= 4 is 16.0 Å². The van der Waals surface area contributed by atoms with E-state index in [1.54, 1.807) is 13.0 Å². The van der Waals surface area contributed by atoms with Crippen molar-refractivity contribution < 1.29 is 17.9 Å². The minimum absolute atomic E-state index is 0.174. The van der Waals surface area contributed by atoms with E-state index < -0.39 is 22.0 Å². The first kappa shape index (κ1) is 15.4. The third-order valence-corrected chi connectivity index (χ3v) is 5.17. The molecule has 8 heteroatoms. The normalized spacial score (nSPS) is 19.1. The molecule has 0 spiro atoms. The summed E-state index contributed by atoms with van der Waals surface area (Å²) >= 11 is 0. The van der Waals surface area contributed by atoms with Crippen molar-refractivity contribution in [1.82, 2.24) is 9.29 Å². The average molecular weight is 309 g/mol. The monoisotopic (exact) mass is 309 g/mol. The highest BCUT2D eigenvalue weighted by Crippen LogP contribution is 2.27. The lowest BCUT2D eigenvalue weighted by molar-refractivity contribution is -0.146. The molecule has 7 nitrogen and oxygen atoms in total. The third kappa shape index (κ3) is 2.89. The fourth-order valence-corrected chi connectivity index (χ4v) is 4.05. The van der Waals surface area contributed by atoms with Gasteiger partial charge in [-0.25, -0.2) is 13.4 Å². The lowest BCUT2D eigenvalue weighted by Crippen LogP contribution is -2.41. The minimum Gasteiger partial charge on any atom is -0.465 e. The predicted molar refractivity (Wildman–Crippen MR) is 72.5 cm³/mol. The molecule has 0 bridgehead atoms. The van der Waals surface area contributed by atoms with Crippen molar-refractivity contribution in [3.8, 4) is 6.07 Å². The Kier molecular flexibility index (Phi) is 4.55. The quantitative estimate of drug-likeness (QED) is 0.758. The van der Waals surface area contributed by atoms with Crippen LogP contribution in [0.3, 0.4) is 0 Å². The fraction of sp³-hybridized carbons (Fsp3) is 0.462. The molecule has 1 aliphatic heterocycles. The largest absolute Gasteiger partial charge is 0.465 e. The molecule has 1 aliphatic rings. The zero-order valence-corrected chi connectivity index (χ0v) is 12.3. The summed E-state index contributed by atoms with van der Waals surface area (Å²) < 4.78 is 31.3. The van der Waals surface area contributed by atoms with E-state index >= 15 is 0 Å². The van der Waals surface area contributed by atoms with E-state index in [-0.39, 0.29) is 23.7 Å². The van der Waals surface area contributed by atoms with Crippen LogP contribution in [0.25, 0.3) is 0 Å². The number of sulfonamides is 1. The van der Waals surface area contributed by atoms with Crippen molar-refractivity contribution in [2.75, 3.05) is 13.2 Å². The van der Waals surface area contributed by atoms with E-state index in [9.17, 15) is 13.2 Å². The van der Waals surface area contributed by atoms with Gasteiger partial charge in [-0.05, 0) is 31.9 Å². The molecule has 2 heterocycles. The number of hydrogen-bond donors (Lipinski definition) is 0. The molecule has 1 atom stereocenters. The van der Waals surface area contributed by atoms with Gasteiger partial charge in [0.1, 0.15) is 17.0 Å². The Hall–Kier alpha value is -1.98. The molecule has 0 radical (unpaired) electrons. The first-order chi connectivity index (χ1) is 10.0. The fourth-order valence-electron chi connectivity index (χ4n) is 2.31. The summed E-state index contributed by atoms with van der Waals surface area (Å²) in [5.41, 5.74) is -0.174. The van der Waals surface area contributed by atoms with Crippen LogP contribution >= 0.6 is 0 Å². The van der Waals surface area contributed by atoms with Gasteiger partial charge in [0.05, 0.1) is 6.61 Å². The molecule has 2 rings (SSSR count). The van der Waals surface area contributed by atoms with Crippen molar-refractivity contribution in [3.05, 3.63) is 24.0 Å². The maximum absolute atomic E-state index is 12.7. The second-order valence-electron chi connectivity index (χ2n) is 4.49. The van der Waals surface area contributed by atoms with Crippen LogP contribution < -0.4 is 0 Å². The summed E-state index contributed by atoms with van der Waals surface area (Å²) in [6.07, 6.45) is 2.34. The Bertz CT molecular complexity index is 681. The third-order valence-electron chi connectivity index (χ3n) is 3.23. The summed E-state index contributed by atoms with van der Waals surface area (Å²) in [5.74, 6) is -0.555. The van der Waals surface area contributed by atoms with Gasteiger partial charge in [0, 0.05) is 12.7 Å². The second-order valence-corrected chi connectivity index (χ2v) is 6.35. The molecule has 1 saturated heterocycles. The second kappa shape index (κ2) is 6.20. The number of rotatable bonds is 4. The Labute approximate surface area is 123 Å². The van der Waals surface area contributed by atoms with Gasteiger partial charge in [0.15, 0.2) is 5.69 Å². The van der Waals surface area contributed by atoms with Crippen LogP contribution in [0.2, 0.25) is 0 Å². The summed E-state index contributed by atoms with van der Waals surface area (Å²) in [7, 11) is -3.95. The van der Waals surface area contributed by atoms with Gasteiger partial charge in [0.25, 0.3) is 0 Å². The maximum atomic E-state index is 12.7. The van der Waals surface area contributed by atoms with Gasteiger partial charge in [-0.2, -0.15) is 9.57 Å². The molecule has 0 aliphatic carbocycles. The van der Waals surface area contributed by atoms with Gasteiger partial charge in [-0.15, -0.1) is 0 Å². The molecule has 21 heavy (non-hydrogen) atoms. The summed E-state index contributed by atoms with van der Waals surface area (Å²) in [4.78, 5) is 15.5. The van der Waals surface area contributed by atoms with E-state index in [2.05, 4.69) is 4.98 Å². The number of nitrogens with zero attached hydrogens (tertiary/aromatic N) is 3. The number of esters is 1. The van der Waals surface area contributed by atoms with Crippen LogP contribution in [-0.2, 0) is 19.6 Å². The lowest BCUT2D eigenvalue weighted by Gasteiger charge is -2.22. The van der Waals surface area contributed by atoms with Crippen molar-refractivity contribution in [1.29, 1.82) is 5.26 Å². The van der Waals surface area contributed by atoms with E-state index in [4.69, 9.17) is 10.00 Å². The Morgan fingerprint density at radius 3 is 3.05 bits per heavy atom. The van der Waals surface area contributed by atoms with Gasteiger partial charge < -0.3 is 4.74 Å². The van der Waals surface area contributed by atoms with Crippen molar-refractivity contribution in [2.45, 2.75) is 30.7 Å². The first-order valence-corrected chi connectivity index (χ1v) is 8.00. The number of pyridine rings is 1. The number of aromatic nitrogens is 1. The molecule has 1 aromatic rings. The number of hydrogen-bond acceptors (Lipinski definition) is 6. The van der Waals surface area contributed by atoms with Crippen molar-refractivity contribution in [3.63, 3.8) is 0 Å². The van der Waals surface area contributed by atoms with E-state index in [1.165, 1.54) is 18.3 Å². The zero-order chi connectivity index (χ0) is 15.5. The summed E-state index contributed by atoms with van der Waals surface area (Å²) in [6.45, 7) is 2.09. The summed E-state index contributed by atoms with van der Waals surface area (Å²) in [6, 6.07) is 3.70. The molecule has 112 valence electrons. The van der Waals surface area contributed by atoms with Crippen molar-refractivity contribution in [2.24, 2.45) is 0 Å². The Morgan fingerprint density at radius 2 is 2.38 bits per heavy atom. The molecule has 0 N–H and O–H groups in total. The number of carbonyl (C=O) groups excluding carboxylic acids is 1. The predicted octanol–water partition coefficient (Wildman–Crippen LogP) is 0.669. The van der Waals surface area contributed by atoms with E-state index in [0.29, 0.717) is 12.8 Å². The molecule has 0 amide bonds. The molecule has 0 aromatic carbocycles. The van der Waals surface area contributed by atoms with Crippen LogP contribution in [0.15, 0.2) is 23.2 Å². The van der Waals surface area contributed by atoms with Gasteiger partial charge in [-0.1, -0.05) is 0 Å². The molecule has 0 saturated carbocycles. The maximum Gasteiger partial charge on any atom is 0.324 e. The van der Waals surface area contributed by atoms with E-state index in [1.807, 2.05) is 0 Å². The van der Waals surface area contributed by atoms with Gasteiger partial charge in [0.2, 0.25) is 10.0 Å². The number of nitriles is 1. The highest BCUT2D eigenvalue weighted by atomic mass is 32.2. The van der Waals surface area contributed by atoms with Crippen LogP contribution in [0, 0.1) is 11.3 Å². The smallest absolute Gasteiger partial charge is 0.324 e. The molecule has 1 unspecified atom stereocenters. The Balaban J connectivity index is 2.39. The molecular weight excluding hydrogens is 294 g/mol. The van der Waals surface area contributed by atoms with Crippen LogP contribution in [-0.4, -0.2) is 42.9 Å². The SMILES string of the molecule is CCOC(=O)C1CCCN1S(=O)(=O)c1cccnc1C#N. The van der Waals surface area contributed by atoms with Crippen LogP contribution in [0.4, 0.5) is 0 Å². The zero-order valence-electron chi connectivity index (χ0n) is 11.5. The Morgan fingerprint density at radius 1 is 1.62 bits per heavy atom. The molecular formula is C13H15N3O4S. The lowest BCUT2D eigenvalue weighted by atomic mass is 10.2. The summed E-state index contributed by atoms with van der Waals surface area (Å²) in [5, 5.41) is 9.00. The van der Waals surface area contributed by atoms with Gasteiger partial charge >= 0.3 is 5.97 Å². The number of ether oxygens (including phenoxy) is 1. The highest BCUT2D eigenvalue weighted by Gasteiger charge is 2.41. The average Bonchev–Trinajstić information content (AvgIpc) is 2.97. The first-order valence-electron chi connectivity index (χ1n) is 6.56. The highest BCUT2D eigenvalue weighted by molar-refractivity contribution is 7.89. The van der Waals surface area contributed by atoms with Gasteiger partial charge in [-0.3, -0.25) is 4.79 Å². The topological polar surface area (TPSA) is 100 Å². The van der Waals surface area contributed by atoms with Crippen LogP contribution in [0.1, 0.15) is 25.5 Å².